The molecular weight excluding hydrogens is 248 g/mol. The molecule has 3 nitrogen and oxygen atoms in total. The van der Waals surface area contributed by atoms with E-state index in [1.807, 2.05) is 12.3 Å². The molecule has 1 aromatic rings. The first-order valence-electron chi connectivity index (χ1n) is 8.14. The summed E-state index contributed by atoms with van der Waals surface area (Å²) >= 11 is 0. The molecule has 0 bridgehead atoms. The minimum absolute atomic E-state index is 0.208. The molecule has 2 heterocycles. The summed E-state index contributed by atoms with van der Waals surface area (Å²) in [4.78, 5) is 4.38. The van der Waals surface area contributed by atoms with Gasteiger partial charge in [-0.2, -0.15) is 0 Å². The summed E-state index contributed by atoms with van der Waals surface area (Å²) in [5.41, 5.74) is 1.39. The summed E-state index contributed by atoms with van der Waals surface area (Å²) in [6, 6.07) is 6.77. The first kappa shape index (κ1) is 14.0. The van der Waals surface area contributed by atoms with Crippen molar-refractivity contribution in [3.63, 3.8) is 0 Å². The molecule has 0 amide bonds. The summed E-state index contributed by atoms with van der Waals surface area (Å²) in [5.74, 6) is 0. The van der Waals surface area contributed by atoms with E-state index in [9.17, 15) is 0 Å². The van der Waals surface area contributed by atoms with E-state index >= 15 is 0 Å². The van der Waals surface area contributed by atoms with Gasteiger partial charge >= 0.3 is 0 Å². The summed E-state index contributed by atoms with van der Waals surface area (Å²) in [6.45, 7) is 1.96. The van der Waals surface area contributed by atoms with Crippen LogP contribution in [0.15, 0.2) is 24.4 Å². The van der Waals surface area contributed by atoms with Gasteiger partial charge in [-0.15, -0.1) is 0 Å². The lowest BCUT2D eigenvalue weighted by Crippen LogP contribution is -2.48. The second kappa shape index (κ2) is 6.68. The molecule has 110 valence electrons. The maximum Gasteiger partial charge on any atom is 0.0697 e. The van der Waals surface area contributed by atoms with Crippen LogP contribution in [0.5, 0.6) is 0 Å². The highest BCUT2D eigenvalue weighted by Gasteiger charge is 2.38. The van der Waals surface area contributed by atoms with E-state index in [4.69, 9.17) is 4.74 Å². The lowest BCUT2D eigenvalue weighted by Gasteiger charge is -2.43. The Bertz CT molecular complexity index is 395. The van der Waals surface area contributed by atoms with Crippen LogP contribution >= 0.6 is 0 Å². The van der Waals surface area contributed by atoms with Crippen LogP contribution in [0.25, 0.3) is 0 Å². The average molecular weight is 274 g/mol. The number of rotatable bonds is 4. The van der Waals surface area contributed by atoms with Gasteiger partial charge in [-0.25, -0.2) is 0 Å². The van der Waals surface area contributed by atoms with Gasteiger partial charge in [-0.1, -0.05) is 25.3 Å². The summed E-state index contributed by atoms with van der Waals surface area (Å²) in [6.07, 6.45) is 11.9. The molecule has 0 radical (unpaired) electrons. The van der Waals surface area contributed by atoms with Crippen molar-refractivity contribution in [2.45, 2.75) is 63.0 Å². The van der Waals surface area contributed by atoms with Crippen molar-refractivity contribution in [3.8, 4) is 0 Å². The summed E-state index contributed by atoms with van der Waals surface area (Å²) < 4.78 is 6.15. The first-order valence-corrected chi connectivity index (χ1v) is 8.14. The zero-order valence-corrected chi connectivity index (χ0v) is 12.3. The molecule has 3 heteroatoms. The smallest absolute Gasteiger partial charge is 0.0697 e. The molecule has 0 aromatic carbocycles. The van der Waals surface area contributed by atoms with Crippen LogP contribution in [0.3, 0.4) is 0 Å². The van der Waals surface area contributed by atoms with Crippen LogP contribution in [0.1, 0.15) is 50.6 Å². The Morgan fingerprint density at radius 3 is 2.95 bits per heavy atom. The maximum absolute atomic E-state index is 6.15. The quantitative estimate of drug-likeness (QED) is 0.916. The minimum Gasteiger partial charge on any atom is -0.375 e. The van der Waals surface area contributed by atoms with E-state index in [0.29, 0.717) is 6.04 Å². The van der Waals surface area contributed by atoms with Gasteiger partial charge in [0.25, 0.3) is 0 Å². The van der Waals surface area contributed by atoms with Gasteiger partial charge in [0.2, 0.25) is 0 Å². The Hall–Kier alpha value is -0.930. The van der Waals surface area contributed by atoms with Gasteiger partial charge in [-0.3, -0.25) is 4.98 Å². The average Bonchev–Trinajstić information content (AvgIpc) is 2.49. The monoisotopic (exact) mass is 274 g/mol. The number of hydrogen-bond donors (Lipinski definition) is 1. The predicted molar refractivity (Wildman–Crippen MR) is 80.7 cm³/mol. The number of aromatic nitrogens is 1. The van der Waals surface area contributed by atoms with Gasteiger partial charge in [0.15, 0.2) is 0 Å². The summed E-state index contributed by atoms with van der Waals surface area (Å²) in [5, 5.41) is 3.72. The van der Waals surface area contributed by atoms with Crippen LogP contribution in [0.2, 0.25) is 0 Å². The van der Waals surface area contributed by atoms with E-state index in [2.05, 4.69) is 22.4 Å². The Kier molecular flexibility index (Phi) is 4.69. The standard InChI is InChI=1S/C17H26N2O/c1-3-9-17(10-4-1)14-16(8-13-20-17)19-12-7-15-6-2-5-11-18-15/h2,5-6,11,16,19H,1,3-4,7-10,12-14H2. The fourth-order valence-corrected chi connectivity index (χ4v) is 3.70. The van der Waals surface area contributed by atoms with Crippen LogP contribution in [0, 0.1) is 0 Å². The second-order valence-corrected chi connectivity index (χ2v) is 6.31. The molecule has 1 spiro atoms. The number of nitrogens with zero attached hydrogens (tertiary/aromatic N) is 1. The van der Waals surface area contributed by atoms with Gasteiger partial charge in [0.1, 0.15) is 0 Å². The zero-order chi connectivity index (χ0) is 13.7. The molecule has 1 atom stereocenters. The fourth-order valence-electron chi connectivity index (χ4n) is 3.70. The number of nitrogens with one attached hydrogen (secondary N) is 1. The third-order valence-corrected chi connectivity index (χ3v) is 4.80. The third kappa shape index (κ3) is 3.58. The van der Waals surface area contributed by atoms with Gasteiger partial charge in [0, 0.05) is 37.5 Å². The minimum atomic E-state index is 0.208. The lowest BCUT2D eigenvalue weighted by atomic mass is 9.78. The van der Waals surface area contributed by atoms with Crippen LogP contribution in [0.4, 0.5) is 0 Å². The molecule has 1 aliphatic heterocycles. The van der Waals surface area contributed by atoms with Gasteiger partial charge < -0.3 is 10.1 Å². The molecule has 20 heavy (non-hydrogen) atoms. The Morgan fingerprint density at radius 2 is 2.15 bits per heavy atom. The van der Waals surface area contributed by atoms with Crippen LogP contribution < -0.4 is 5.32 Å². The van der Waals surface area contributed by atoms with Crippen LogP contribution in [-0.2, 0) is 11.2 Å². The maximum atomic E-state index is 6.15. The van der Waals surface area contributed by atoms with E-state index in [0.717, 1.165) is 26.0 Å². The topological polar surface area (TPSA) is 34.1 Å². The van der Waals surface area contributed by atoms with Gasteiger partial charge in [-0.05, 0) is 37.8 Å². The lowest BCUT2D eigenvalue weighted by molar-refractivity contribution is -0.109. The third-order valence-electron chi connectivity index (χ3n) is 4.80. The highest BCUT2D eigenvalue weighted by molar-refractivity contribution is 5.04. The molecule has 1 saturated carbocycles. The zero-order valence-electron chi connectivity index (χ0n) is 12.3. The van der Waals surface area contributed by atoms with Crippen molar-refractivity contribution in [2.75, 3.05) is 13.2 Å². The fraction of sp³-hybridized carbons (Fsp3) is 0.706. The molecule has 1 unspecified atom stereocenters. The number of ether oxygens (including phenoxy) is 1. The highest BCUT2D eigenvalue weighted by Crippen LogP contribution is 2.38. The van der Waals surface area contributed by atoms with E-state index in [-0.39, 0.29) is 5.60 Å². The predicted octanol–water partition coefficient (Wildman–Crippen LogP) is 3.10. The van der Waals surface area contributed by atoms with Crippen molar-refractivity contribution in [2.24, 2.45) is 0 Å². The van der Waals surface area contributed by atoms with Crippen molar-refractivity contribution >= 4 is 0 Å². The van der Waals surface area contributed by atoms with Crippen molar-refractivity contribution < 1.29 is 4.74 Å². The van der Waals surface area contributed by atoms with E-state index in [1.165, 1.54) is 44.2 Å². The molecule has 3 rings (SSSR count). The van der Waals surface area contributed by atoms with Crippen molar-refractivity contribution in [3.05, 3.63) is 30.1 Å². The molecule has 1 aromatic heterocycles. The number of pyridine rings is 1. The largest absolute Gasteiger partial charge is 0.375 e. The van der Waals surface area contributed by atoms with E-state index in [1.54, 1.807) is 0 Å². The Balaban J connectivity index is 1.45. The molecule has 1 saturated heterocycles. The Morgan fingerprint density at radius 1 is 1.25 bits per heavy atom. The van der Waals surface area contributed by atoms with Gasteiger partial charge in [0.05, 0.1) is 5.60 Å². The molecular formula is C17H26N2O. The van der Waals surface area contributed by atoms with Crippen molar-refractivity contribution in [1.29, 1.82) is 0 Å². The SMILES string of the molecule is c1ccc(CCNC2CCOC3(CCCCC3)C2)nc1. The molecule has 2 fully saturated rings. The second-order valence-electron chi connectivity index (χ2n) is 6.31. The van der Waals surface area contributed by atoms with Crippen LogP contribution in [-0.4, -0.2) is 29.8 Å². The molecule has 2 aliphatic rings. The van der Waals surface area contributed by atoms with Crippen molar-refractivity contribution in [1.82, 2.24) is 10.3 Å². The first-order chi connectivity index (χ1) is 9.86. The van der Waals surface area contributed by atoms with E-state index < -0.39 is 0 Å². The number of hydrogen-bond acceptors (Lipinski definition) is 3. The highest BCUT2D eigenvalue weighted by atomic mass is 16.5. The normalized spacial score (nSPS) is 25.7. The summed E-state index contributed by atoms with van der Waals surface area (Å²) in [7, 11) is 0. The molecule has 1 aliphatic carbocycles. The molecule has 1 N–H and O–H groups in total. The Labute approximate surface area is 122 Å².